The van der Waals surface area contributed by atoms with E-state index in [4.69, 9.17) is 0 Å². The van der Waals surface area contributed by atoms with Gasteiger partial charge in [-0.05, 0) is 37.6 Å². The number of rotatable bonds is 3. The largest absolute Gasteiger partial charge is 0.369 e. The Morgan fingerprint density at radius 1 is 1.21 bits per heavy atom. The van der Waals surface area contributed by atoms with Crippen molar-refractivity contribution in [2.45, 2.75) is 25.4 Å². The minimum Gasteiger partial charge on any atom is -0.369 e. The van der Waals surface area contributed by atoms with Gasteiger partial charge in [0.25, 0.3) is 0 Å². The van der Waals surface area contributed by atoms with E-state index in [1.165, 1.54) is 30.5 Å². The molecule has 3 rings (SSSR count). The summed E-state index contributed by atoms with van der Waals surface area (Å²) in [6.07, 6.45) is 9.59. The maximum Gasteiger partial charge on any atom is 0.0427 e. The molecular formula is C17H22N2. The van der Waals surface area contributed by atoms with Gasteiger partial charge in [-0.1, -0.05) is 42.5 Å². The lowest BCUT2D eigenvalue weighted by atomic mass is 10.0. The number of nitrogens with zero attached hydrogens (tertiary/aromatic N) is 2. The van der Waals surface area contributed by atoms with Gasteiger partial charge in [-0.25, -0.2) is 0 Å². The quantitative estimate of drug-likeness (QED) is 0.818. The monoisotopic (exact) mass is 254 g/mol. The third-order valence-electron chi connectivity index (χ3n) is 4.12. The van der Waals surface area contributed by atoms with E-state index in [0.717, 1.165) is 13.1 Å². The summed E-state index contributed by atoms with van der Waals surface area (Å²) in [4.78, 5) is 4.89. The van der Waals surface area contributed by atoms with Crippen LogP contribution >= 0.6 is 0 Å². The highest BCUT2D eigenvalue weighted by molar-refractivity contribution is 5.29. The third-order valence-corrected chi connectivity index (χ3v) is 4.12. The summed E-state index contributed by atoms with van der Waals surface area (Å²) in [6.45, 7) is 3.26. The van der Waals surface area contributed by atoms with Gasteiger partial charge in [0.05, 0.1) is 0 Å². The molecule has 2 nitrogen and oxygen atoms in total. The van der Waals surface area contributed by atoms with Crippen molar-refractivity contribution >= 4 is 0 Å². The van der Waals surface area contributed by atoms with Gasteiger partial charge in [-0.15, -0.1) is 0 Å². The molecule has 100 valence electrons. The van der Waals surface area contributed by atoms with Crippen molar-refractivity contribution in [3.63, 3.8) is 0 Å². The van der Waals surface area contributed by atoms with E-state index in [0.29, 0.717) is 6.04 Å². The van der Waals surface area contributed by atoms with Gasteiger partial charge < -0.3 is 4.90 Å². The van der Waals surface area contributed by atoms with Crippen LogP contribution in [0.25, 0.3) is 0 Å². The Hall–Kier alpha value is -1.54. The molecule has 1 aromatic rings. The number of likely N-dealkylation sites (N-methyl/N-ethyl adjacent to an activating group) is 1. The molecule has 2 heteroatoms. The molecule has 0 N–H and O–H groups in total. The Bertz CT molecular complexity index is 475. The molecule has 0 bridgehead atoms. The fraction of sp³-hybridized carbons (Fsp3) is 0.412. The van der Waals surface area contributed by atoms with Crippen LogP contribution in [0.3, 0.4) is 0 Å². The molecule has 1 aromatic carbocycles. The summed E-state index contributed by atoms with van der Waals surface area (Å²) in [7, 11) is 2.24. The molecule has 0 saturated carbocycles. The lowest BCUT2D eigenvalue weighted by molar-refractivity contribution is 0.334. The smallest absolute Gasteiger partial charge is 0.0427 e. The van der Waals surface area contributed by atoms with Crippen LogP contribution in [0.4, 0.5) is 0 Å². The van der Waals surface area contributed by atoms with Crippen molar-refractivity contribution in [3.05, 3.63) is 59.8 Å². The second-order valence-corrected chi connectivity index (χ2v) is 5.59. The molecule has 0 radical (unpaired) electrons. The molecule has 19 heavy (non-hydrogen) atoms. The van der Waals surface area contributed by atoms with Crippen molar-refractivity contribution in [1.29, 1.82) is 0 Å². The van der Waals surface area contributed by atoms with Crippen molar-refractivity contribution in [3.8, 4) is 0 Å². The van der Waals surface area contributed by atoms with Gasteiger partial charge in [0.15, 0.2) is 0 Å². The zero-order valence-electron chi connectivity index (χ0n) is 11.6. The zero-order valence-corrected chi connectivity index (χ0v) is 11.6. The lowest BCUT2D eigenvalue weighted by Gasteiger charge is -2.28. The fourth-order valence-electron chi connectivity index (χ4n) is 3.09. The Balaban J connectivity index is 1.71. The summed E-state index contributed by atoms with van der Waals surface area (Å²) in [5.74, 6) is 0. The highest BCUT2D eigenvalue weighted by Crippen LogP contribution is 2.25. The molecular weight excluding hydrogens is 232 g/mol. The second-order valence-electron chi connectivity index (χ2n) is 5.59. The fourth-order valence-corrected chi connectivity index (χ4v) is 3.09. The Morgan fingerprint density at radius 3 is 2.79 bits per heavy atom. The first-order valence-electron chi connectivity index (χ1n) is 7.19. The van der Waals surface area contributed by atoms with Gasteiger partial charge >= 0.3 is 0 Å². The van der Waals surface area contributed by atoms with Crippen LogP contribution in [0.5, 0.6) is 0 Å². The van der Waals surface area contributed by atoms with Crippen LogP contribution in [0, 0.1) is 0 Å². The van der Waals surface area contributed by atoms with E-state index in [2.05, 4.69) is 65.5 Å². The van der Waals surface area contributed by atoms with E-state index in [1.54, 1.807) is 0 Å². The molecule has 0 spiro atoms. The normalized spacial score (nSPS) is 23.7. The van der Waals surface area contributed by atoms with Crippen molar-refractivity contribution in [2.75, 3.05) is 20.1 Å². The first kappa shape index (κ1) is 12.5. The van der Waals surface area contributed by atoms with Crippen molar-refractivity contribution in [2.24, 2.45) is 0 Å². The topological polar surface area (TPSA) is 6.48 Å². The lowest BCUT2D eigenvalue weighted by Crippen LogP contribution is -2.29. The third kappa shape index (κ3) is 2.90. The Labute approximate surface area is 116 Å². The Morgan fingerprint density at radius 2 is 2.05 bits per heavy atom. The van der Waals surface area contributed by atoms with Crippen molar-refractivity contribution < 1.29 is 0 Å². The van der Waals surface area contributed by atoms with E-state index in [9.17, 15) is 0 Å². The van der Waals surface area contributed by atoms with E-state index in [1.807, 2.05) is 0 Å². The van der Waals surface area contributed by atoms with E-state index in [-0.39, 0.29) is 0 Å². The van der Waals surface area contributed by atoms with Gasteiger partial charge in [0, 0.05) is 25.3 Å². The van der Waals surface area contributed by atoms with Gasteiger partial charge in [-0.2, -0.15) is 0 Å². The molecule has 1 fully saturated rings. The highest BCUT2D eigenvalue weighted by atomic mass is 15.2. The van der Waals surface area contributed by atoms with Crippen molar-refractivity contribution in [1.82, 2.24) is 9.80 Å². The average Bonchev–Trinajstić information content (AvgIpc) is 2.86. The van der Waals surface area contributed by atoms with E-state index >= 15 is 0 Å². The summed E-state index contributed by atoms with van der Waals surface area (Å²) in [6, 6.07) is 11.3. The average molecular weight is 254 g/mol. The number of hydrogen-bond donors (Lipinski definition) is 0. The molecule has 2 heterocycles. The summed E-state index contributed by atoms with van der Waals surface area (Å²) >= 11 is 0. The van der Waals surface area contributed by atoms with E-state index < -0.39 is 0 Å². The predicted octanol–water partition coefficient (Wildman–Crippen LogP) is 3.04. The maximum atomic E-state index is 2.47. The van der Waals surface area contributed by atoms with Crippen LogP contribution in [0.2, 0.25) is 0 Å². The molecule has 1 saturated heterocycles. The SMILES string of the molecule is CN1CCCC1C1=CN(Cc2ccccc2)CC=C1. The highest BCUT2D eigenvalue weighted by Gasteiger charge is 2.24. The van der Waals surface area contributed by atoms with Gasteiger partial charge in [0.2, 0.25) is 0 Å². The molecule has 0 amide bonds. The second kappa shape index (κ2) is 5.62. The van der Waals surface area contributed by atoms with Crippen LogP contribution < -0.4 is 0 Å². The molecule has 1 unspecified atom stereocenters. The van der Waals surface area contributed by atoms with Gasteiger partial charge in [-0.3, -0.25) is 4.90 Å². The predicted molar refractivity (Wildman–Crippen MR) is 79.7 cm³/mol. The summed E-state index contributed by atoms with van der Waals surface area (Å²) in [5.41, 5.74) is 2.86. The summed E-state index contributed by atoms with van der Waals surface area (Å²) in [5, 5.41) is 0. The van der Waals surface area contributed by atoms with Crippen LogP contribution in [-0.4, -0.2) is 36.0 Å². The van der Waals surface area contributed by atoms with Gasteiger partial charge in [0.1, 0.15) is 0 Å². The molecule has 0 aromatic heterocycles. The number of hydrogen-bond acceptors (Lipinski definition) is 2. The minimum atomic E-state index is 0.620. The van der Waals surface area contributed by atoms with Crippen LogP contribution in [0.15, 0.2) is 54.3 Å². The standard InChI is InChI=1S/C17H22N2/c1-18-11-6-10-17(18)16-9-5-12-19(14-16)13-15-7-3-2-4-8-15/h2-5,7-9,14,17H,6,10-13H2,1H3. The Kier molecular flexibility index (Phi) is 3.69. The zero-order chi connectivity index (χ0) is 13.1. The first-order valence-corrected chi connectivity index (χ1v) is 7.19. The first-order chi connectivity index (χ1) is 9.33. The summed E-state index contributed by atoms with van der Waals surface area (Å²) < 4.78 is 0. The van der Waals surface area contributed by atoms with Crippen LogP contribution in [-0.2, 0) is 6.54 Å². The van der Waals surface area contributed by atoms with Crippen LogP contribution in [0.1, 0.15) is 18.4 Å². The molecule has 2 aliphatic heterocycles. The maximum absolute atomic E-state index is 2.47. The number of benzene rings is 1. The number of likely N-dealkylation sites (tertiary alicyclic amines) is 1. The minimum absolute atomic E-state index is 0.620. The molecule has 2 aliphatic rings. The molecule has 0 aliphatic carbocycles. The molecule has 1 atom stereocenters.